The number of esters is 1. The van der Waals surface area contributed by atoms with Gasteiger partial charge in [-0.3, -0.25) is 4.79 Å². The number of carbonyl (C=O) groups excluding carboxylic acids is 1. The van der Waals surface area contributed by atoms with Gasteiger partial charge in [0.15, 0.2) is 0 Å². The van der Waals surface area contributed by atoms with Gasteiger partial charge in [-0.1, -0.05) is 0 Å². The molecule has 0 amide bonds. The monoisotopic (exact) mass is 361 g/mol. The van der Waals surface area contributed by atoms with Crippen LogP contribution in [0.1, 0.15) is 30.2 Å². The van der Waals surface area contributed by atoms with Crippen LogP contribution in [-0.2, 0) is 22.1 Å². The van der Waals surface area contributed by atoms with Crippen molar-refractivity contribution in [2.45, 2.75) is 25.9 Å². The second kappa shape index (κ2) is 6.47. The Morgan fingerprint density at radius 1 is 1.45 bits per heavy atom. The maximum absolute atomic E-state index is 12.8. The highest BCUT2D eigenvalue weighted by Gasteiger charge is 2.35. The number of pyridine rings is 1. The molecule has 0 aliphatic rings. The van der Waals surface area contributed by atoms with Crippen molar-refractivity contribution in [1.82, 2.24) is 4.98 Å². The molecule has 0 aliphatic carbocycles. The largest absolute Gasteiger partial charge is 0.466 e. The zero-order chi connectivity index (χ0) is 15.5. The molecule has 0 bridgehead atoms. The predicted octanol–water partition coefficient (Wildman–Crippen LogP) is 3.91. The summed E-state index contributed by atoms with van der Waals surface area (Å²) in [6.07, 6.45) is -8.56. The Balaban J connectivity index is 3.27. The van der Waals surface area contributed by atoms with Gasteiger partial charge in [-0.05, 0) is 34.5 Å². The summed E-state index contributed by atoms with van der Waals surface area (Å²) in [7, 11) is 0. The lowest BCUT2D eigenvalue weighted by atomic mass is 10.1. The number of nitrogens with zero attached hydrogens (tertiary/aromatic N) is 1. The van der Waals surface area contributed by atoms with E-state index in [1.165, 1.54) is 6.92 Å². The Morgan fingerprint density at radius 2 is 2.05 bits per heavy atom. The van der Waals surface area contributed by atoms with Crippen molar-refractivity contribution in [3.8, 4) is 0 Å². The van der Waals surface area contributed by atoms with Crippen molar-refractivity contribution in [3.05, 3.63) is 27.5 Å². The van der Waals surface area contributed by atoms with Crippen molar-refractivity contribution in [1.29, 1.82) is 0 Å². The summed E-state index contributed by atoms with van der Waals surface area (Å²) in [5.41, 5.74) is -2.60. The Bertz CT molecular complexity index is 504. The fourth-order valence-electron chi connectivity index (χ4n) is 1.44. The molecule has 0 saturated carbocycles. The first-order chi connectivity index (χ1) is 9.16. The lowest BCUT2D eigenvalue weighted by Crippen LogP contribution is -2.14. The van der Waals surface area contributed by atoms with E-state index in [0.717, 1.165) is 0 Å². The van der Waals surface area contributed by atoms with Gasteiger partial charge in [0.1, 0.15) is 10.3 Å². The van der Waals surface area contributed by atoms with E-state index in [9.17, 15) is 26.7 Å². The molecule has 0 N–H and O–H groups in total. The standard InChI is InChI=1S/C11H9BrF5NO2/c1-2-20-7(19)4-5-3-6(11(15,16)17)9(12)18-8(5)10(13)14/h3,10H,2,4H2,1H3. The van der Waals surface area contributed by atoms with E-state index in [1.807, 2.05) is 0 Å². The number of carbonyl (C=O) groups is 1. The van der Waals surface area contributed by atoms with Crippen molar-refractivity contribution in [2.24, 2.45) is 0 Å². The highest BCUT2D eigenvalue weighted by molar-refractivity contribution is 9.10. The van der Waals surface area contributed by atoms with Gasteiger partial charge in [-0.15, -0.1) is 0 Å². The van der Waals surface area contributed by atoms with E-state index in [2.05, 4.69) is 25.7 Å². The van der Waals surface area contributed by atoms with Gasteiger partial charge in [0.25, 0.3) is 6.43 Å². The summed E-state index contributed by atoms with van der Waals surface area (Å²) >= 11 is 2.50. The molecule has 9 heteroatoms. The van der Waals surface area contributed by atoms with Crippen LogP contribution in [0.5, 0.6) is 0 Å². The first kappa shape index (κ1) is 16.8. The average molecular weight is 362 g/mol. The SMILES string of the molecule is CCOC(=O)Cc1cc(C(F)(F)F)c(Br)nc1C(F)F. The van der Waals surface area contributed by atoms with Crippen molar-refractivity contribution in [3.63, 3.8) is 0 Å². The van der Waals surface area contributed by atoms with Crippen LogP contribution in [0.2, 0.25) is 0 Å². The van der Waals surface area contributed by atoms with Crippen molar-refractivity contribution >= 4 is 21.9 Å². The molecule has 3 nitrogen and oxygen atoms in total. The minimum atomic E-state index is -4.77. The van der Waals surface area contributed by atoms with Crippen LogP contribution in [0.25, 0.3) is 0 Å². The minimum Gasteiger partial charge on any atom is -0.466 e. The van der Waals surface area contributed by atoms with Crippen LogP contribution in [0, 0.1) is 0 Å². The molecule has 0 unspecified atom stereocenters. The normalized spacial score (nSPS) is 11.8. The van der Waals surface area contributed by atoms with Crippen LogP contribution in [0.3, 0.4) is 0 Å². The number of ether oxygens (including phenoxy) is 1. The van der Waals surface area contributed by atoms with Crippen LogP contribution in [0.4, 0.5) is 22.0 Å². The maximum Gasteiger partial charge on any atom is 0.419 e. The summed E-state index contributed by atoms with van der Waals surface area (Å²) in [4.78, 5) is 14.4. The minimum absolute atomic E-state index is 0.00106. The van der Waals surface area contributed by atoms with E-state index in [4.69, 9.17) is 0 Å². The fourth-order valence-corrected chi connectivity index (χ4v) is 1.97. The molecule has 1 rings (SSSR count). The zero-order valence-corrected chi connectivity index (χ0v) is 11.7. The van der Waals surface area contributed by atoms with Gasteiger partial charge in [-0.25, -0.2) is 13.8 Å². The number of rotatable bonds is 4. The summed E-state index contributed by atoms with van der Waals surface area (Å²) in [6.45, 7) is 1.49. The molecule has 0 saturated heterocycles. The quantitative estimate of drug-likeness (QED) is 0.463. The van der Waals surface area contributed by atoms with E-state index in [0.29, 0.717) is 6.07 Å². The third-order valence-electron chi connectivity index (χ3n) is 2.24. The molecule has 0 radical (unpaired) electrons. The fraction of sp³-hybridized carbons (Fsp3) is 0.455. The van der Waals surface area contributed by atoms with Gasteiger partial charge in [0.2, 0.25) is 0 Å². The number of alkyl halides is 5. The second-order valence-electron chi connectivity index (χ2n) is 3.65. The highest BCUT2D eigenvalue weighted by Crippen LogP contribution is 2.36. The molecule has 1 aromatic heterocycles. The predicted molar refractivity (Wildman–Crippen MR) is 62.2 cm³/mol. The second-order valence-corrected chi connectivity index (χ2v) is 4.40. The van der Waals surface area contributed by atoms with E-state index < -0.39 is 46.4 Å². The van der Waals surface area contributed by atoms with Gasteiger partial charge < -0.3 is 4.74 Å². The van der Waals surface area contributed by atoms with Crippen LogP contribution in [0.15, 0.2) is 10.7 Å². The van der Waals surface area contributed by atoms with Gasteiger partial charge in [0, 0.05) is 0 Å². The smallest absolute Gasteiger partial charge is 0.419 e. The lowest BCUT2D eigenvalue weighted by Gasteiger charge is -2.14. The Labute approximate surface area is 119 Å². The highest BCUT2D eigenvalue weighted by atomic mass is 79.9. The van der Waals surface area contributed by atoms with Crippen LogP contribution < -0.4 is 0 Å². The summed E-state index contributed by atoms with van der Waals surface area (Å²) in [5.74, 6) is -0.897. The molecule has 0 aromatic carbocycles. The summed E-state index contributed by atoms with van der Waals surface area (Å²) in [6, 6.07) is 0.482. The number of hydrogen-bond acceptors (Lipinski definition) is 3. The Kier molecular flexibility index (Phi) is 5.43. The molecule has 1 aromatic rings. The third-order valence-corrected chi connectivity index (χ3v) is 2.85. The third kappa shape index (κ3) is 4.12. The summed E-state index contributed by atoms with van der Waals surface area (Å²) < 4.78 is 67.3. The molecule has 0 atom stereocenters. The lowest BCUT2D eigenvalue weighted by molar-refractivity contribution is -0.143. The van der Waals surface area contributed by atoms with Crippen molar-refractivity contribution in [2.75, 3.05) is 6.61 Å². The number of hydrogen-bond donors (Lipinski definition) is 0. The van der Waals surface area contributed by atoms with E-state index in [1.54, 1.807) is 0 Å². The number of aromatic nitrogens is 1. The molecule has 112 valence electrons. The molecule has 0 aliphatic heterocycles. The zero-order valence-electron chi connectivity index (χ0n) is 10.1. The van der Waals surface area contributed by atoms with Crippen LogP contribution in [-0.4, -0.2) is 17.6 Å². The summed E-state index contributed by atoms with van der Waals surface area (Å²) in [5, 5.41) is 0. The van der Waals surface area contributed by atoms with E-state index in [-0.39, 0.29) is 6.61 Å². The number of halogens is 6. The first-order valence-corrected chi connectivity index (χ1v) is 6.16. The molecule has 0 spiro atoms. The van der Waals surface area contributed by atoms with Crippen LogP contribution >= 0.6 is 15.9 Å². The van der Waals surface area contributed by atoms with E-state index >= 15 is 0 Å². The average Bonchev–Trinajstić information content (AvgIpc) is 2.29. The van der Waals surface area contributed by atoms with Gasteiger partial charge >= 0.3 is 12.1 Å². The molecule has 0 fully saturated rings. The Morgan fingerprint density at radius 3 is 2.50 bits per heavy atom. The maximum atomic E-state index is 12.8. The molecule has 20 heavy (non-hydrogen) atoms. The topological polar surface area (TPSA) is 39.2 Å². The van der Waals surface area contributed by atoms with Gasteiger partial charge in [0.05, 0.1) is 18.6 Å². The molecular weight excluding hydrogens is 353 g/mol. The Hall–Kier alpha value is -1.25. The molecule has 1 heterocycles. The van der Waals surface area contributed by atoms with Gasteiger partial charge in [-0.2, -0.15) is 13.2 Å². The van der Waals surface area contributed by atoms with Crippen molar-refractivity contribution < 1.29 is 31.5 Å². The molecular formula is C11H9BrF5NO2. The first-order valence-electron chi connectivity index (χ1n) is 5.37.